The van der Waals surface area contributed by atoms with Gasteiger partial charge in [0.1, 0.15) is 11.2 Å². The first-order valence-corrected chi connectivity index (χ1v) is 17.6. The van der Waals surface area contributed by atoms with E-state index in [1.165, 1.54) is 20.2 Å². The number of para-hydroxylation sites is 1. The first-order valence-electron chi connectivity index (χ1n) is 16.7. The second-order valence-corrected chi connectivity index (χ2v) is 13.6. The summed E-state index contributed by atoms with van der Waals surface area (Å²) >= 11 is 1.83. The van der Waals surface area contributed by atoms with Crippen molar-refractivity contribution in [2.24, 2.45) is 0 Å². The second kappa shape index (κ2) is 11.7. The predicted octanol–water partition coefficient (Wildman–Crippen LogP) is 13.1. The third-order valence-electron chi connectivity index (χ3n) is 9.54. The molecular formula is C46H28N2OS. The van der Waals surface area contributed by atoms with E-state index < -0.39 is 0 Å². The Labute approximate surface area is 292 Å². The highest BCUT2D eigenvalue weighted by molar-refractivity contribution is 7.25. The van der Waals surface area contributed by atoms with Crippen LogP contribution in [0, 0.1) is 0 Å². The van der Waals surface area contributed by atoms with Gasteiger partial charge in [-0.25, -0.2) is 9.97 Å². The molecule has 0 N–H and O–H groups in total. The lowest BCUT2D eigenvalue weighted by molar-refractivity contribution is 0.670. The average molecular weight is 657 g/mol. The van der Waals surface area contributed by atoms with Gasteiger partial charge in [-0.05, 0) is 47.0 Å². The van der Waals surface area contributed by atoms with Crippen LogP contribution in [-0.2, 0) is 0 Å². The van der Waals surface area contributed by atoms with Gasteiger partial charge < -0.3 is 4.42 Å². The standard InChI is InChI=1S/C46H28N2OS/c1-3-13-29(14-4-1)32-17-7-8-19-36(32)46-47-39(30-15-5-2-6-16-30)28-40(48-46)37-26-25-33(45-44(37)38-20-9-11-21-41(38)49-45)31-23-24-35-34-18-10-12-22-42(34)50-43(35)27-31/h1-28H. The minimum atomic E-state index is 0.682. The number of nitrogens with zero attached hydrogens (tertiary/aromatic N) is 2. The molecule has 3 aromatic heterocycles. The largest absolute Gasteiger partial charge is 0.455 e. The second-order valence-electron chi connectivity index (χ2n) is 12.5. The molecule has 0 aliphatic heterocycles. The fourth-order valence-corrected chi connectivity index (χ4v) is 8.32. The van der Waals surface area contributed by atoms with Crippen LogP contribution < -0.4 is 0 Å². The Bertz CT molecular complexity index is 2870. The van der Waals surface area contributed by atoms with Crippen LogP contribution in [-0.4, -0.2) is 9.97 Å². The quantitative estimate of drug-likeness (QED) is 0.185. The number of hydrogen-bond acceptors (Lipinski definition) is 4. The summed E-state index contributed by atoms with van der Waals surface area (Å²) in [6.45, 7) is 0. The molecule has 0 radical (unpaired) electrons. The summed E-state index contributed by atoms with van der Waals surface area (Å²) in [4.78, 5) is 10.5. The Kier molecular flexibility index (Phi) is 6.68. The minimum Gasteiger partial charge on any atom is -0.455 e. The van der Waals surface area contributed by atoms with Gasteiger partial charge in [-0.3, -0.25) is 0 Å². The summed E-state index contributed by atoms with van der Waals surface area (Å²) < 4.78 is 9.30. The molecule has 10 rings (SSSR count). The zero-order valence-corrected chi connectivity index (χ0v) is 27.7. The van der Waals surface area contributed by atoms with E-state index in [2.05, 4.69) is 152 Å². The molecule has 50 heavy (non-hydrogen) atoms. The van der Waals surface area contributed by atoms with Crippen LogP contribution in [0.15, 0.2) is 174 Å². The predicted molar refractivity (Wildman–Crippen MR) is 209 cm³/mol. The lowest BCUT2D eigenvalue weighted by atomic mass is 9.95. The smallest absolute Gasteiger partial charge is 0.161 e. The fraction of sp³-hybridized carbons (Fsp3) is 0. The van der Waals surface area contributed by atoms with Crippen LogP contribution in [0.1, 0.15) is 0 Å². The molecule has 0 fully saturated rings. The van der Waals surface area contributed by atoms with Gasteiger partial charge in [0.2, 0.25) is 0 Å². The first kappa shape index (κ1) is 28.6. The summed E-state index contributed by atoms with van der Waals surface area (Å²) in [5.41, 5.74) is 10.9. The zero-order valence-electron chi connectivity index (χ0n) is 26.9. The highest BCUT2D eigenvalue weighted by Gasteiger charge is 2.21. The van der Waals surface area contributed by atoms with E-state index in [4.69, 9.17) is 14.4 Å². The molecule has 0 aliphatic rings. The zero-order chi connectivity index (χ0) is 33.0. The maximum Gasteiger partial charge on any atom is 0.161 e. The summed E-state index contributed by atoms with van der Waals surface area (Å²) in [6, 6.07) is 59.4. The molecule has 0 spiro atoms. The molecule has 0 saturated carbocycles. The van der Waals surface area contributed by atoms with Crippen molar-refractivity contribution in [2.45, 2.75) is 0 Å². The SMILES string of the molecule is c1ccc(-c2cc(-c3ccc(-c4ccc5c(c4)sc4ccccc45)c4oc5ccccc5c34)nc(-c3ccccc3-c3ccccc3)n2)cc1. The molecule has 3 heterocycles. The summed E-state index contributed by atoms with van der Waals surface area (Å²) in [6.07, 6.45) is 0. The van der Waals surface area contributed by atoms with E-state index in [0.29, 0.717) is 5.82 Å². The first-order chi connectivity index (χ1) is 24.8. The molecule has 0 bridgehead atoms. The van der Waals surface area contributed by atoms with Crippen molar-refractivity contribution in [3.8, 4) is 56.2 Å². The Balaban J connectivity index is 1.22. The van der Waals surface area contributed by atoms with Gasteiger partial charge in [-0.1, -0.05) is 140 Å². The summed E-state index contributed by atoms with van der Waals surface area (Å²) in [5.74, 6) is 0.682. The van der Waals surface area contributed by atoms with Gasteiger partial charge in [0.15, 0.2) is 5.82 Å². The molecule has 4 heteroatoms. The van der Waals surface area contributed by atoms with Crippen LogP contribution in [0.5, 0.6) is 0 Å². The van der Waals surface area contributed by atoms with Gasteiger partial charge in [0, 0.05) is 53.2 Å². The molecular weight excluding hydrogens is 629 g/mol. The van der Waals surface area contributed by atoms with Crippen molar-refractivity contribution >= 4 is 53.4 Å². The van der Waals surface area contributed by atoms with Crippen molar-refractivity contribution in [3.05, 3.63) is 170 Å². The Morgan fingerprint density at radius 2 is 1.04 bits per heavy atom. The van der Waals surface area contributed by atoms with E-state index in [1.807, 2.05) is 29.5 Å². The summed E-state index contributed by atoms with van der Waals surface area (Å²) in [7, 11) is 0. The molecule has 0 atom stereocenters. The normalized spacial score (nSPS) is 11.6. The van der Waals surface area contributed by atoms with Crippen molar-refractivity contribution in [3.63, 3.8) is 0 Å². The lowest BCUT2D eigenvalue weighted by Crippen LogP contribution is -1.98. The van der Waals surface area contributed by atoms with E-state index in [1.54, 1.807) is 0 Å². The van der Waals surface area contributed by atoms with Gasteiger partial charge in [0.05, 0.1) is 11.4 Å². The fourth-order valence-electron chi connectivity index (χ4n) is 7.17. The average Bonchev–Trinajstić information content (AvgIpc) is 3.77. The van der Waals surface area contributed by atoms with Crippen molar-refractivity contribution in [1.82, 2.24) is 9.97 Å². The van der Waals surface area contributed by atoms with E-state index in [0.717, 1.165) is 72.3 Å². The number of furan rings is 1. The molecule has 10 aromatic rings. The highest BCUT2D eigenvalue weighted by Crippen LogP contribution is 2.44. The Morgan fingerprint density at radius 3 is 1.88 bits per heavy atom. The van der Waals surface area contributed by atoms with Gasteiger partial charge >= 0.3 is 0 Å². The topological polar surface area (TPSA) is 38.9 Å². The molecule has 0 saturated heterocycles. The maximum absolute atomic E-state index is 6.74. The van der Waals surface area contributed by atoms with Crippen molar-refractivity contribution < 1.29 is 4.42 Å². The van der Waals surface area contributed by atoms with Crippen LogP contribution in [0.3, 0.4) is 0 Å². The molecule has 0 aliphatic carbocycles. The highest BCUT2D eigenvalue weighted by atomic mass is 32.1. The van der Waals surface area contributed by atoms with Crippen LogP contribution >= 0.6 is 11.3 Å². The van der Waals surface area contributed by atoms with Crippen LogP contribution in [0.2, 0.25) is 0 Å². The van der Waals surface area contributed by atoms with E-state index in [-0.39, 0.29) is 0 Å². The maximum atomic E-state index is 6.74. The lowest BCUT2D eigenvalue weighted by Gasteiger charge is -2.14. The molecule has 3 nitrogen and oxygen atoms in total. The van der Waals surface area contributed by atoms with Crippen molar-refractivity contribution in [2.75, 3.05) is 0 Å². The number of aromatic nitrogens is 2. The third-order valence-corrected chi connectivity index (χ3v) is 10.7. The molecule has 7 aromatic carbocycles. The Morgan fingerprint density at radius 1 is 0.400 bits per heavy atom. The van der Waals surface area contributed by atoms with E-state index >= 15 is 0 Å². The molecule has 0 amide bonds. The monoisotopic (exact) mass is 656 g/mol. The Hall–Kier alpha value is -6.36. The van der Waals surface area contributed by atoms with E-state index in [9.17, 15) is 0 Å². The van der Waals surface area contributed by atoms with Gasteiger partial charge in [-0.2, -0.15) is 0 Å². The van der Waals surface area contributed by atoms with Gasteiger partial charge in [-0.15, -0.1) is 11.3 Å². The van der Waals surface area contributed by atoms with Crippen LogP contribution in [0.4, 0.5) is 0 Å². The molecule has 234 valence electrons. The van der Waals surface area contributed by atoms with Crippen molar-refractivity contribution in [1.29, 1.82) is 0 Å². The number of benzene rings is 7. The summed E-state index contributed by atoms with van der Waals surface area (Å²) in [5, 5.41) is 4.69. The number of hydrogen-bond donors (Lipinski definition) is 0. The number of rotatable bonds is 5. The van der Waals surface area contributed by atoms with Gasteiger partial charge in [0.25, 0.3) is 0 Å². The third kappa shape index (κ3) is 4.73. The van der Waals surface area contributed by atoms with Crippen LogP contribution in [0.25, 0.3) is 98.3 Å². The number of fused-ring (bicyclic) bond motifs is 6. The number of thiophene rings is 1. The molecule has 0 unspecified atom stereocenters. The minimum absolute atomic E-state index is 0.682.